The van der Waals surface area contributed by atoms with Crippen LogP contribution in [-0.2, 0) is 11.2 Å². The monoisotopic (exact) mass is 315 g/mol. The lowest BCUT2D eigenvalue weighted by Crippen LogP contribution is -2.15. The van der Waals surface area contributed by atoms with E-state index in [0.29, 0.717) is 15.7 Å². The van der Waals surface area contributed by atoms with Gasteiger partial charge in [-0.15, -0.1) is 11.3 Å². The van der Waals surface area contributed by atoms with Gasteiger partial charge in [-0.1, -0.05) is 23.2 Å². The molecule has 2 aromatic heterocycles. The van der Waals surface area contributed by atoms with E-state index in [0.717, 1.165) is 10.6 Å². The Morgan fingerprint density at radius 2 is 2.16 bits per heavy atom. The maximum absolute atomic E-state index is 11.9. The van der Waals surface area contributed by atoms with E-state index in [-0.39, 0.29) is 17.5 Å². The third kappa shape index (κ3) is 3.65. The lowest BCUT2D eigenvalue weighted by molar-refractivity contribution is -0.115. The van der Waals surface area contributed by atoms with Crippen molar-refractivity contribution in [2.45, 2.75) is 20.3 Å². The smallest absolute Gasteiger partial charge is 0.230 e. The molecule has 0 saturated carbocycles. The fourth-order valence-corrected chi connectivity index (χ4v) is 2.86. The van der Waals surface area contributed by atoms with Crippen LogP contribution in [0.4, 0.5) is 5.13 Å². The number of rotatable bonds is 3. The summed E-state index contributed by atoms with van der Waals surface area (Å²) >= 11 is 13.5. The summed E-state index contributed by atoms with van der Waals surface area (Å²) in [6.45, 7) is 3.71. The van der Waals surface area contributed by atoms with Gasteiger partial charge < -0.3 is 5.32 Å². The summed E-state index contributed by atoms with van der Waals surface area (Å²) in [7, 11) is 0. The SMILES string of the molecule is Cc1cc(Cl)c(CC(=O)Nc2ncc(C)s2)c(Cl)n1. The summed E-state index contributed by atoms with van der Waals surface area (Å²) in [5, 5.41) is 3.98. The van der Waals surface area contributed by atoms with E-state index in [1.54, 1.807) is 19.2 Å². The van der Waals surface area contributed by atoms with Gasteiger partial charge in [-0.3, -0.25) is 4.79 Å². The fraction of sp³-hybridized carbons (Fsp3) is 0.250. The van der Waals surface area contributed by atoms with E-state index in [4.69, 9.17) is 23.2 Å². The molecule has 0 aliphatic carbocycles. The van der Waals surface area contributed by atoms with Gasteiger partial charge >= 0.3 is 0 Å². The standard InChI is InChI=1S/C12H11Cl2N3OS/c1-6-3-9(13)8(11(14)16-6)4-10(18)17-12-15-5-7(2)19-12/h3,5H,4H2,1-2H3,(H,15,17,18). The van der Waals surface area contributed by atoms with Crippen LogP contribution in [0.2, 0.25) is 10.2 Å². The Labute approximate surface area is 124 Å². The van der Waals surface area contributed by atoms with Gasteiger partial charge in [0.2, 0.25) is 5.91 Å². The molecular weight excluding hydrogens is 305 g/mol. The van der Waals surface area contributed by atoms with Crippen molar-refractivity contribution >= 4 is 45.6 Å². The Bertz CT molecular complexity index is 604. The Morgan fingerprint density at radius 3 is 2.74 bits per heavy atom. The quantitative estimate of drug-likeness (QED) is 0.880. The number of carbonyl (C=O) groups is 1. The molecule has 0 aromatic carbocycles. The predicted octanol–water partition coefficient (Wildman–Crippen LogP) is 3.64. The molecule has 100 valence electrons. The summed E-state index contributed by atoms with van der Waals surface area (Å²) in [5.41, 5.74) is 1.24. The van der Waals surface area contributed by atoms with E-state index < -0.39 is 0 Å². The van der Waals surface area contributed by atoms with Crippen LogP contribution >= 0.6 is 34.5 Å². The van der Waals surface area contributed by atoms with E-state index in [9.17, 15) is 4.79 Å². The number of amides is 1. The average molecular weight is 316 g/mol. The maximum atomic E-state index is 11.9. The van der Waals surface area contributed by atoms with Crippen molar-refractivity contribution in [1.29, 1.82) is 0 Å². The van der Waals surface area contributed by atoms with E-state index in [1.165, 1.54) is 11.3 Å². The van der Waals surface area contributed by atoms with Gasteiger partial charge in [-0.2, -0.15) is 0 Å². The number of nitrogens with one attached hydrogen (secondary N) is 1. The van der Waals surface area contributed by atoms with Crippen LogP contribution in [-0.4, -0.2) is 15.9 Å². The Hall–Kier alpha value is -1.17. The van der Waals surface area contributed by atoms with Gasteiger partial charge in [0.1, 0.15) is 5.15 Å². The predicted molar refractivity (Wildman–Crippen MR) is 78.2 cm³/mol. The van der Waals surface area contributed by atoms with Crippen LogP contribution in [0, 0.1) is 13.8 Å². The van der Waals surface area contributed by atoms with Gasteiger partial charge in [0.25, 0.3) is 0 Å². The number of aryl methyl sites for hydroxylation is 2. The molecule has 0 aliphatic heterocycles. The molecule has 19 heavy (non-hydrogen) atoms. The van der Waals surface area contributed by atoms with Crippen molar-refractivity contribution in [2.24, 2.45) is 0 Å². The van der Waals surface area contributed by atoms with Crippen molar-refractivity contribution < 1.29 is 4.79 Å². The molecule has 0 unspecified atom stereocenters. The molecule has 2 heterocycles. The second-order valence-electron chi connectivity index (χ2n) is 4.02. The first-order valence-corrected chi connectivity index (χ1v) is 7.06. The highest BCUT2D eigenvalue weighted by Gasteiger charge is 2.14. The van der Waals surface area contributed by atoms with Crippen LogP contribution < -0.4 is 5.32 Å². The summed E-state index contributed by atoms with van der Waals surface area (Å²) < 4.78 is 0. The second-order valence-corrected chi connectivity index (χ2v) is 6.02. The van der Waals surface area contributed by atoms with Crippen LogP contribution in [0.5, 0.6) is 0 Å². The number of hydrogen-bond donors (Lipinski definition) is 1. The molecule has 4 nitrogen and oxygen atoms in total. The summed E-state index contributed by atoms with van der Waals surface area (Å²) in [4.78, 5) is 21.1. The highest BCUT2D eigenvalue weighted by Crippen LogP contribution is 2.25. The van der Waals surface area contributed by atoms with E-state index >= 15 is 0 Å². The number of hydrogen-bond acceptors (Lipinski definition) is 4. The molecule has 2 rings (SSSR count). The molecule has 0 atom stereocenters. The molecule has 0 spiro atoms. The van der Waals surface area contributed by atoms with Gasteiger partial charge in [-0.05, 0) is 19.9 Å². The minimum absolute atomic E-state index is 0.0730. The number of thiazole rings is 1. The van der Waals surface area contributed by atoms with E-state index in [2.05, 4.69) is 15.3 Å². The molecular formula is C12H11Cl2N3OS. The molecule has 2 aromatic rings. The first-order chi connectivity index (χ1) is 8.95. The van der Waals surface area contributed by atoms with Gasteiger partial charge in [0.05, 0.1) is 6.42 Å². The van der Waals surface area contributed by atoms with Crippen molar-refractivity contribution in [1.82, 2.24) is 9.97 Å². The van der Waals surface area contributed by atoms with E-state index in [1.807, 2.05) is 6.92 Å². The Morgan fingerprint density at radius 1 is 1.42 bits per heavy atom. The zero-order valence-electron chi connectivity index (χ0n) is 10.3. The van der Waals surface area contributed by atoms with Gasteiger partial charge in [0.15, 0.2) is 5.13 Å². The van der Waals surface area contributed by atoms with Crippen molar-refractivity contribution in [3.05, 3.63) is 38.6 Å². The Balaban J connectivity index is 2.11. The molecule has 7 heteroatoms. The molecule has 0 saturated heterocycles. The Kier molecular flexibility index (Phi) is 4.39. The van der Waals surface area contributed by atoms with Crippen molar-refractivity contribution in [3.63, 3.8) is 0 Å². The van der Waals surface area contributed by atoms with Gasteiger partial charge in [-0.25, -0.2) is 9.97 Å². The minimum Gasteiger partial charge on any atom is -0.302 e. The lowest BCUT2D eigenvalue weighted by atomic mass is 10.2. The van der Waals surface area contributed by atoms with Crippen LogP contribution in [0.1, 0.15) is 16.1 Å². The second kappa shape index (κ2) is 5.86. The summed E-state index contributed by atoms with van der Waals surface area (Å²) in [5.74, 6) is -0.219. The zero-order valence-corrected chi connectivity index (χ0v) is 12.7. The first kappa shape index (κ1) is 14.2. The fourth-order valence-electron chi connectivity index (χ4n) is 1.52. The summed E-state index contributed by atoms with van der Waals surface area (Å²) in [6, 6.07) is 1.68. The zero-order chi connectivity index (χ0) is 14.0. The largest absolute Gasteiger partial charge is 0.302 e. The molecule has 0 fully saturated rings. The lowest BCUT2D eigenvalue weighted by Gasteiger charge is -2.07. The molecule has 1 N–H and O–H groups in total. The first-order valence-electron chi connectivity index (χ1n) is 5.49. The number of aromatic nitrogens is 2. The average Bonchev–Trinajstić information content (AvgIpc) is 2.69. The highest BCUT2D eigenvalue weighted by molar-refractivity contribution is 7.15. The minimum atomic E-state index is -0.219. The number of anilines is 1. The highest BCUT2D eigenvalue weighted by atomic mass is 35.5. The normalized spacial score (nSPS) is 10.5. The van der Waals surface area contributed by atoms with Crippen LogP contribution in [0.15, 0.2) is 12.3 Å². The molecule has 0 bridgehead atoms. The van der Waals surface area contributed by atoms with Crippen molar-refractivity contribution in [3.8, 4) is 0 Å². The molecule has 1 amide bonds. The third-order valence-corrected chi connectivity index (χ3v) is 3.83. The van der Waals surface area contributed by atoms with Gasteiger partial charge in [0, 0.05) is 27.4 Å². The number of nitrogens with zero attached hydrogens (tertiary/aromatic N) is 2. The van der Waals surface area contributed by atoms with Crippen LogP contribution in [0.25, 0.3) is 0 Å². The maximum Gasteiger partial charge on any atom is 0.230 e. The number of carbonyl (C=O) groups excluding carboxylic acids is 1. The van der Waals surface area contributed by atoms with Crippen molar-refractivity contribution in [2.75, 3.05) is 5.32 Å². The van der Waals surface area contributed by atoms with Crippen LogP contribution in [0.3, 0.4) is 0 Å². The molecule has 0 radical (unpaired) electrons. The third-order valence-electron chi connectivity index (χ3n) is 2.35. The number of pyridine rings is 1. The number of halogens is 2. The topological polar surface area (TPSA) is 54.9 Å². The summed E-state index contributed by atoms with van der Waals surface area (Å²) in [6.07, 6.45) is 1.78. The molecule has 0 aliphatic rings.